The first-order valence-electron chi connectivity index (χ1n) is 7.17. The van der Waals surface area contributed by atoms with Gasteiger partial charge in [0.05, 0.1) is 11.9 Å². The Morgan fingerprint density at radius 3 is 2.48 bits per heavy atom. The molecule has 0 aliphatic rings. The third-order valence-corrected chi connectivity index (χ3v) is 3.92. The third-order valence-electron chi connectivity index (χ3n) is 3.33. The SMILES string of the molecule is Cc1cccc(CNC(=O)c2ccc(C)c(NS(C)(=O)=O)c2)c1. The van der Waals surface area contributed by atoms with Gasteiger partial charge in [0.15, 0.2) is 0 Å². The Morgan fingerprint density at radius 1 is 1.09 bits per heavy atom. The molecule has 122 valence electrons. The highest BCUT2D eigenvalue weighted by Crippen LogP contribution is 2.18. The monoisotopic (exact) mass is 332 g/mol. The van der Waals surface area contributed by atoms with Crippen molar-refractivity contribution in [2.75, 3.05) is 11.0 Å². The second-order valence-corrected chi connectivity index (χ2v) is 7.32. The number of rotatable bonds is 5. The maximum atomic E-state index is 12.2. The molecule has 2 rings (SSSR count). The lowest BCUT2D eigenvalue weighted by molar-refractivity contribution is 0.0951. The number of amides is 1. The minimum Gasteiger partial charge on any atom is -0.348 e. The number of anilines is 1. The molecule has 23 heavy (non-hydrogen) atoms. The molecule has 0 aliphatic heterocycles. The summed E-state index contributed by atoms with van der Waals surface area (Å²) < 4.78 is 25.1. The summed E-state index contributed by atoms with van der Waals surface area (Å²) in [4.78, 5) is 12.2. The van der Waals surface area contributed by atoms with Crippen molar-refractivity contribution < 1.29 is 13.2 Å². The highest BCUT2D eigenvalue weighted by atomic mass is 32.2. The van der Waals surface area contributed by atoms with Gasteiger partial charge in [-0.15, -0.1) is 0 Å². The molecule has 5 nitrogen and oxygen atoms in total. The van der Waals surface area contributed by atoms with Gasteiger partial charge in [-0.25, -0.2) is 8.42 Å². The van der Waals surface area contributed by atoms with Crippen LogP contribution >= 0.6 is 0 Å². The molecule has 0 saturated heterocycles. The Hall–Kier alpha value is -2.34. The second-order valence-electron chi connectivity index (χ2n) is 5.58. The van der Waals surface area contributed by atoms with Crippen LogP contribution in [0.2, 0.25) is 0 Å². The Morgan fingerprint density at radius 2 is 1.83 bits per heavy atom. The van der Waals surface area contributed by atoms with Gasteiger partial charge in [0.1, 0.15) is 0 Å². The van der Waals surface area contributed by atoms with E-state index in [1.165, 1.54) is 0 Å². The maximum absolute atomic E-state index is 12.2. The van der Waals surface area contributed by atoms with E-state index in [1.54, 1.807) is 25.1 Å². The Kier molecular flexibility index (Phi) is 5.05. The Balaban J connectivity index is 2.12. The summed E-state index contributed by atoms with van der Waals surface area (Å²) in [5, 5.41) is 2.84. The molecule has 0 radical (unpaired) electrons. The fourth-order valence-corrected chi connectivity index (χ4v) is 2.80. The molecule has 0 aliphatic carbocycles. The van der Waals surface area contributed by atoms with E-state index in [0.717, 1.165) is 22.9 Å². The molecule has 0 heterocycles. The number of carbonyl (C=O) groups is 1. The molecule has 0 aromatic heterocycles. The first kappa shape index (κ1) is 17.0. The summed E-state index contributed by atoms with van der Waals surface area (Å²) in [6.45, 7) is 4.19. The van der Waals surface area contributed by atoms with Crippen LogP contribution in [0.3, 0.4) is 0 Å². The van der Waals surface area contributed by atoms with Gasteiger partial charge >= 0.3 is 0 Å². The van der Waals surface area contributed by atoms with Crippen LogP contribution in [-0.2, 0) is 16.6 Å². The topological polar surface area (TPSA) is 75.3 Å². The molecule has 0 unspecified atom stereocenters. The number of carbonyl (C=O) groups excluding carboxylic acids is 1. The van der Waals surface area contributed by atoms with Crippen LogP contribution in [0.1, 0.15) is 27.0 Å². The van der Waals surface area contributed by atoms with E-state index in [1.807, 2.05) is 31.2 Å². The lowest BCUT2D eigenvalue weighted by Crippen LogP contribution is -2.23. The zero-order chi connectivity index (χ0) is 17.0. The minimum absolute atomic E-state index is 0.247. The van der Waals surface area contributed by atoms with E-state index in [2.05, 4.69) is 10.0 Å². The fourth-order valence-electron chi connectivity index (χ4n) is 2.18. The predicted octanol–water partition coefficient (Wildman–Crippen LogP) is 2.60. The highest BCUT2D eigenvalue weighted by Gasteiger charge is 2.10. The van der Waals surface area contributed by atoms with E-state index in [-0.39, 0.29) is 5.91 Å². The zero-order valence-corrected chi connectivity index (χ0v) is 14.2. The number of nitrogens with one attached hydrogen (secondary N) is 2. The molecule has 2 aromatic carbocycles. The predicted molar refractivity (Wildman–Crippen MR) is 92.0 cm³/mol. The number of sulfonamides is 1. The molecule has 2 aromatic rings. The molecule has 0 fully saturated rings. The zero-order valence-electron chi connectivity index (χ0n) is 13.4. The maximum Gasteiger partial charge on any atom is 0.251 e. The minimum atomic E-state index is -3.38. The van der Waals surface area contributed by atoms with Gasteiger partial charge in [-0.3, -0.25) is 9.52 Å². The summed E-state index contributed by atoms with van der Waals surface area (Å²) in [5.41, 5.74) is 3.72. The lowest BCUT2D eigenvalue weighted by atomic mass is 10.1. The van der Waals surface area contributed by atoms with Crippen molar-refractivity contribution in [2.24, 2.45) is 0 Å². The van der Waals surface area contributed by atoms with Crippen molar-refractivity contribution in [1.29, 1.82) is 0 Å². The van der Waals surface area contributed by atoms with E-state index >= 15 is 0 Å². The van der Waals surface area contributed by atoms with Crippen LogP contribution < -0.4 is 10.0 Å². The van der Waals surface area contributed by atoms with E-state index in [0.29, 0.717) is 17.8 Å². The van der Waals surface area contributed by atoms with Crippen LogP contribution in [0.5, 0.6) is 0 Å². The molecular weight excluding hydrogens is 312 g/mol. The fraction of sp³-hybridized carbons (Fsp3) is 0.235. The van der Waals surface area contributed by atoms with Crippen LogP contribution in [0.15, 0.2) is 42.5 Å². The second kappa shape index (κ2) is 6.83. The van der Waals surface area contributed by atoms with Crippen molar-refractivity contribution in [3.8, 4) is 0 Å². The Bertz CT molecular complexity index is 829. The Labute approximate surface area is 136 Å². The smallest absolute Gasteiger partial charge is 0.251 e. The molecule has 0 atom stereocenters. The van der Waals surface area contributed by atoms with Gasteiger partial charge < -0.3 is 5.32 Å². The lowest BCUT2D eigenvalue weighted by Gasteiger charge is -2.11. The van der Waals surface area contributed by atoms with Gasteiger partial charge in [-0.2, -0.15) is 0 Å². The molecule has 1 amide bonds. The average Bonchev–Trinajstić information content (AvgIpc) is 2.46. The molecule has 0 bridgehead atoms. The summed E-state index contributed by atoms with van der Waals surface area (Å²) in [6, 6.07) is 12.8. The summed E-state index contributed by atoms with van der Waals surface area (Å²) in [6.07, 6.45) is 1.08. The van der Waals surface area contributed by atoms with Crippen LogP contribution in [-0.4, -0.2) is 20.6 Å². The van der Waals surface area contributed by atoms with E-state index < -0.39 is 10.0 Å². The van der Waals surface area contributed by atoms with Crippen molar-refractivity contribution >= 4 is 21.6 Å². The van der Waals surface area contributed by atoms with Gasteiger partial charge in [0.2, 0.25) is 10.0 Å². The largest absolute Gasteiger partial charge is 0.348 e. The number of hydrogen-bond acceptors (Lipinski definition) is 3. The van der Waals surface area contributed by atoms with Gasteiger partial charge in [0, 0.05) is 12.1 Å². The average molecular weight is 332 g/mol. The van der Waals surface area contributed by atoms with E-state index in [9.17, 15) is 13.2 Å². The molecule has 0 saturated carbocycles. The van der Waals surface area contributed by atoms with Crippen LogP contribution in [0.4, 0.5) is 5.69 Å². The number of aryl methyl sites for hydroxylation is 2. The first-order valence-corrected chi connectivity index (χ1v) is 9.06. The van der Waals surface area contributed by atoms with Crippen molar-refractivity contribution in [3.63, 3.8) is 0 Å². The summed E-state index contributed by atoms with van der Waals surface area (Å²) in [7, 11) is -3.38. The van der Waals surface area contributed by atoms with Crippen LogP contribution in [0.25, 0.3) is 0 Å². The van der Waals surface area contributed by atoms with Crippen molar-refractivity contribution in [1.82, 2.24) is 5.32 Å². The molecular formula is C17H20N2O3S. The summed E-state index contributed by atoms with van der Waals surface area (Å²) >= 11 is 0. The summed E-state index contributed by atoms with van der Waals surface area (Å²) in [5.74, 6) is -0.247. The molecule has 0 spiro atoms. The number of benzene rings is 2. The normalized spacial score (nSPS) is 11.1. The first-order chi connectivity index (χ1) is 10.7. The van der Waals surface area contributed by atoms with Gasteiger partial charge in [0.25, 0.3) is 5.91 Å². The quantitative estimate of drug-likeness (QED) is 0.884. The van der Waals surface area contributed by atoms with Crippen molar-refractivity contribution in [3.05, 3.63) is 64.7 Å². The molecule has 2 N–H and O–H groups in total. The van der Waals surface area contributed by atoms with Crippen molar-refractivity contribution in [2.45, 2.75) is 20.4 Å². The van der Waals surface area contributed by atoms with Gasteiger partial charge in [-0.05, 0) is 37.1 Å². The van der Waals surface area contributed by atoms with E-state index in [4.69, 9.17) is 0 Å². The number of hydrogen-bond donors (Lipinski definition) is 2. The molecule has 6 heteroatoms. The standard InChI is InChI=1S/C17H20N2O3S/c1-12-5-4-6-14(9-12)11-18-17(20)15-8-7-13(2)16(10-15)19-23(3,21)22/h4-10,19H,11H2,1-3H3,(H,18,20). The highest BCUT2D eigenvalue weighted by molar-refractivity contribution is 7.92. The van der Waals surface area contributed by atoms with Gasteiger partial charge in [-0.1, -0.05) is 35.9 Å². The van der Waals surface area contributed by atoms with Crippen LogP contribution in [0, 0.1) is 13.8 Å². The third kappa shape index (κ3) is 5.10.